The van der Waals surface area contributed by atoms with Crippen molar-refractivity contribution in [2.24, 2.45) is 0 Å². The zero-order valence-electron chi connectivity index (χ0n) is 12.3. The van der Waals surface area contributed by atoms with E-state index in [4.69, 9.17) is 0 Å². The van der Waals surface area contributed by atoms with Crippen LogP contribution in [-0.2, 0) is 16.6 Å². The number of rotatable bonds is 4. The number of hydrogen-bond donors (Lipinski definition) is 1. The quantitative estimate of drug-likeness (QED) is 0.729. The fourth-order valence-corrected chi connectivity index (χ4v) is 7.10. The molecule has 0 spiro atoms. The van der Waals surface area contributed by atoms with Crippen molar-refractivity contribution in [2.45, 2.75) is 10.8 Å². The molecule has 0 aliphatic carbocycles. The van der Waals surface area contributed by atoms with E-state index in [9.17, 15) is 8.42 Å². The van der Waals surface area contributed by atoms with E-state index < -0.39 is 10.0 Å². The Hall–Kier alpha value is -0.250. The maximum absolute atomic E-state index is 12.7. The summed E-state index contributed by atoms with van der Waals surface area (Å²) in [5, 5.41) is 0. The van der Waals surface area contributed by atoms with E-state index in [1.807, 2.05) is 18.2 Å². The van der Waals surface area contributed by atoms with Crippen LogP contribution in [0.3, 0.4) is 0 Å². The van der Waals surface area contributed by atoms with Crippen LogP contribution in [0.25, 0.3) is 0 Å². The van der Waals surface area contributed by atoms with Gasteiger partial charge >= 0.3 is 0 Å². The first-order chi connectivity index (χ1) is 11.0. The van der Waals surface area contributed by atoms with Crippen molar-refractivity contribution in [3.63, 3.8) is 0 Å². The van der Waals surface area contributed by atoms with Gasteiger partial charge in [-0.15, -0.1) is 11.3 Å². The smallest absolute Gasteiger partial charge is 0.253 e. The molecule has 0 bridgehead atoms. The summed E-state index contributed by atoms with van der Waals surface area (Å²) in [6, 6.07) is 12.0. The van der Waals surface area contributed by atoms with Crippen molar-refractivity contribution in [3.05, 3.63) is 50.2 Å². The molecule has 3 rings (SSSR count). The molecule has 1 aliphatic rings. The molecule has 4 nitrogen and oxygen atoms in total. The van der Waals surface area contributed by atoms with E-state index in [2.05, 4.69) is 44.0 Å². The molecular weight excluding hydrogens is 464 g/mol. The lowest BCUT2D eigenvalue weighted by Gasteiger charge is -2.31. The predicted molar refractivity (Wildman–Crippen MR) is 99.3 cm³/mol. The third-order valence-electron chi connectivity index (χ3n) is 3.94. The number of piperazine rings is 1. The van der Waals surface area contributed by atoms with Crippen LogP contribution in [0.15, 0.2) is 48.9 Å². The molecule has 8 heteroatoms. The van der Waals surface area contributed by atoms with Gasteiger partial charge in [0.1, 0.15) is 10.8 Å². The number of hydrogen-bond acceptors (Lipinski definition) is 3. The molecule has 1 aromatic heterocycles. The summed E-state index contributed by atoms with van der Waals surface area (Å²) in [4.78, 5) is 1.43. The zero-order valence-corrected chi connectivity index (χ0v) is 17.1. The van der Waals surface area contributed by atoms with Gasteiger partial charge in [0.15, 0.2) is 0 Å². The second kappa shape index (κ2) is 7.33. The maximum atomic E-state index is 12.7. The van der Waals surface area contributed by atoms with Crippen molar-refractivity contribution in [2.75, 3.05) is 26.2 Å². The largest absolute Gasteiger partial charge is 0.329 e. The highest BCUT2D eigenvalue weighted by molar-refractivity contribution is 9.13. The molecule has 0 atom stereocenters. The van der Waals surface area contributed by atoms with E-state index in [1.165, 1.54) is 21.8 Å². The van der Waals surface area contributed by atoms with Crippen LogP contribution in [0.2, 0.25) is 0 Å². The highest BCUT2D eigenvalue weighted by Crippen LogP contribution is 2.36. The molecule has 124 valence electrons. The molecule has 1 aromatic carbocycles. The molecule has 1 saturated heterocycles. The fourth-order valence-electron chi connectivity index (χ4n) is 2.69. The van der Waals surface area contributed by atoms with Crippen molar-refractivity contribution >= 4 is 53.2 Å². The van der Waals surface area contributed by atoms with Crippen molar-refractivity contribution in [1.29, 1.82) is 0 Å². The summed E-state index contributed by atoms with van der Waals surface area (Å²) in [5.41, 5.74) is 1.30. The number of quaternary nitrogens is 1. The second-order valence-electron chi connectivity index (χ2n) is 5.50. The molecule has 1 fully saturated rings. The summed E-state index contributed by atoms with van der Waals surface area (Å²) >= 11 is 7.97. The SMILES string of the molecule is O=S(=O)(c1cc(Br)c(Br)s1)N1CC[NH+](Cc2ccccc2)CC1. The molecule has 0 radical (unpaired) electrons. The fraction of sp³-hybridized carbons (Fsp3) is 0.333. The van der Waals surface area contributed by atoms with Gasteiger partial charge in [-0.3, -0.25) is 0 Å². The molecule has 0 saturated carbocycles. The van der Waals surface area contributed by atoms with Crippen LogP contribution in [0.1, 0.15) is 5.56 Å². The van der Waals surface area contributed by atoms with Crippen LogP contribution >= 0.6 is 43.2 Å². The average Bonchev–Trinajstić information content (AvgIpc) is 2.89. The Kier molecular flexibility index (Phi) is 5.60. The predicted octanol–water partition coefficient (Wildman–Crippen LogP) is 2.36. The minimum atomic E-state index is -3.38. The van der Waals surface area contributed by atoms with Gasteiger partial charge in [0.25, 0.3) is 10.0 Å². The van der Waals surface area contributed by atoms with Gasteiger partial charge < -0.3 is 4.90 Å². The normalized spacial score (nSPS) is 17.5. The van der Waals surface area contributed by atoms with Crippen LogP contribution in [0, 0.1) is 0 Å². The van der Waals surface area contributed by atoms with E-state index in [0.29, 0.717) is 17.3 Å². The Morgan fingerprint density at radius 3 is 2.35 bits per heavy atom. The minimum absolute atomic E-state index is 0.391. The number of thiophene rings is 1. The lowest BCUT2D eigenvalue weighted by Crippen LogP contribution is -3.13. The monoisotopic (exact) mass is 479 g/mol. The third kappa shape index (κ3) is 4.05. The summed E-state index contributed by atoms with van der Waals surface area (Å²) in [6.07, 6.45) is 0. The number of nitrogens with one attached hydrogen (secondary N) is 1. The molecule has 23 heavy (non-hydrogen) atoms. The lowest BCUT2D eigenvalue weighted by atomic mass is 10.2. The first kappa shape index (κ1) is 17.6. The average molecular weight is 481 g/mol. The standard InChI is InChI=1S/C15H16Br2N2O2S2/c16-13-10-14(22-15(13)17)23(20,21)19-8-6-18(7-9-19)11-12-4-2-1-3-5-12/h1-5,10H,6-9,11H2/p+1. The maximum Gasteiger partial charge on any atom is 0.253 e. The summed E-state index contributed by atoms with van der Waals surface area (Å²) < 4.78 is 29.0. The first-order valence-electron chi connectivity index (χ1n) is 7.29. The van der Waals surface area contributed by atoms with Crippen molar-refractivity contribution < 1.29 is 13.3 Å². The van der Waals surface area contributed by atoms with E-state index in [0.717, 1.165) is 27.9 Å². The Bertz CT molecular complexity index is 751. The highest BCUT2D eigenvalue weighted by atomic mass is 79.9. The van der Waals surface area contributed by atoms with Crippen molar-refractivity contribution in [3.8, 4) is 0 Å². The van der Waals surface area contributed by atoms with Crippen molar-refractivity contribution in [1.82, 2.24) is 4.31 Å². The Morgan fingerprint density at radius 1 is 1.13 bits per heavy atom. The zero-order chi connectivity index (χ0) is 16.4. The Morgan fingerprint density at radius 2 is 1.78 bits per heavy atom. The molecule has 2 aromatic rings. The van der Waals surface area contributed by atoms with Gasteiger partial charge in [0, 0.05) is 10.0 Å². The third-order valence-corrected chi connectivity index (χ3v) is 9.55. The highest BCUT2D eigenvalue weighted by Gasteiger charge is 2.32. The van der Waals surface area contributed by atoms with Gasteiger partial charge in [-0.25, -0.2) is 8.42 Å². The Labute approximate surface area is 157 Å². The second-order valence-corrected chi connectivity index (χ2v) is 10.9. The summed E-state index contributed by atoms with van der Waals surface area (Å²) in [5.74, 6) is 0. The molecule has 0 unspecified atom stereocenters. The van der Waals surface area contributed by atoms with E-state index >= 15 is 0 Å². The molecule has 1 N–H and O–H groups in total. The number of halogens is 2. The number of benzene rings is 1. The van der Waals surface area contributed by atoms with Gasteiger partial charge in [0.2, 0.25) is 0 Å². The van der Waals surface area contributed by atoms with Gasteiger partial charge in [-0.05, 0) is 37.9 Å². The topological polar surface area (TPSA) is 41.8 Å². The van der Waals surface area contributed by atoms with Crippen LogP contribution in [0.4, 0.5) is 0 Å². The summed E-state index contributed by atoms with van der Waals surface area (Å²) in [6.45, 7) is 3.75. The molecular formula is C15H17Br2N2O2S2+. The number of nitrogens with zero attached hydrogens (tertiary/aromatic N) is 1. The first-order valence-corrected chi connectivity index (χ1v) is 11.1. The van der Waals surface area contributed by atoms with Crippen LogP contribution in [-0.4, -0.2) is 38.9 Å². The van der Waals surface area contributed by atoms with Gasteiger partial charge in [0.05, 0.1) is 30.0 Å². The van der Waals surface area contributed by atoms with E-state index in [1.54, 1.807) is 10.4 Å². The molecule has 1 aliphatic heterocycles. The van der Waals surface area contributed by atoms with Gasteiger partial charge in [-0.2, -0.15) is 4.31 Å². The molecule has 0 amide bonds. The lowest BCUT2D eigenvalue weighted by molar-refractivity contribution is -0.917. The minimum Gasteiger partial charge on any atom is -0.329 e. The number of sulfonamides is 1. The Balaban J connectivity index is 1.64. The van der Waals surface area contributed by atoms with Crippen LogP contribution in [0.5, 0.6) is 0 Å². The van der Waals surface area contributed by atoms with Crippen LogP contribution < -0.4 is 4.90 Å². The van der Waals surface area contributed by atoms with E-state index in [-0.39, 0.29) is 0 Å². The van der Waals surface area contributed by atoms with Gasteiger partial charge in [-0.1, -0.05) is 30.3 Å². The molecule has 2 heterocycles. The summed E-state index contributed by atoms with van der Waals surface area (Å²) in [7, 11) is -3.38.